The zero-order chi connectivity index (χ0) is 26.2. The number of aromatic nitrogens is 5. The Hall–Kier alpha value is -3.37. The summed E-state index contributed by atoms with van der Waals surface area (Å²) in [6.45, 7) is -0.870. The third kappa shape index (κ3) is 5.49. The van der Waals surface area contributed by atoms with Crippen molar-refractivity contribution >= 4 is 9.84 Å². The van der Waals surface area contributed by atoms with Gasteiger partial charge in [-0.1, -0.05) is 6.92 Å². The molecule has 3 heterocycles. The minimum absolute atomic E-state index is 0.331. The van der Waals surface area contributed by atoms with Gasteiger partial charge in [-0.15, -0.1) is 0 Å². The number of sulfone groups is 1. The third-order valence-electron chi connectivity index (χ3n) is 4.44. The second-order valence-electron chi connectivity index (χ2n) is 6.82. The number of ether oxygens (including phenoxy) is 1. The van der Waals surface area contributed by atoms with Crippen molar-refractivity contribution in [3.63, 3.8) is 0 Å². The highest BCUT2D eigenvalue weighted by molar-refractivity contribution is 7.91. The second kappa shape index (κ2) is 9.01. The van der Waals surface area contributed by atoms with Crippen molar-refractivity contribution in [2.75, 3.05) is 12.4 Å². The molecule has 0 fully saturated rings. The molecule has 190 valence electrons. The Morgan fingerprint density at radius 1 is 1.06 bits per heavy atom. The van der Waals surface area contributed by atoms with Crippen LogP contribution in [0.1, 0.15) is 12.5 Å². The number of rotatable bonds is 7. The van der Waals surface area contributed by atoms with Gasteiger partial charge in [0.1, 0.15) is 29.7 Å². The quantitative estimate of drug-likeness (QED) is 0.423. The van der Waals surface area contributed by atoms with E-state index < -0.39 is 68.2 Å². The molecule has 0 radical (unpaired) electrons. The number of hydrogen-bond donors (Lipinski definition) is 0. The van der Waals surface area contributed by atoms with Crippen LogP contribution >= 0.6 is 0 Å². The second-order valence-corrected chi connectivity index (χ2v) is 9.06. The lowest BCUT2D eigenvalue weighted by atomic mass is 10.1. The van der Waals surface area contributed by atoms with E-state index in [1.165, 1.54) is 6.92 Å². The molecule has 17 heteroatoms. The lowest BCUT2D eigenvalue weighted by Gasteiger charge is -2.19. The smallest absolute Gasteiger partial charge is 0.456 e. The number of pyridine rings is 2. The van der Waals surface area contributed by atoms with E-state index in [0.717, 1.165) is 24.8 Å². The maximum Gasteiger partial charge on any atom is 0.456 e. The normalized spacial score (nSPS) is 13.2. The molecule has 0 N–H and O–H groups in total. The number of halogens is 8. The van der Waals surface area contributed by atoms with E-state index in [1.807, 2.05) is 0 Å². The van der Waals surface area contributed by atoms with Crippen molar-refractivity contribution in [3.05, 3.63) is 42.6 Å². The maximum absolute atomic E-state index is 13.7. The van der Waals surface area contributed by atoms with Crippen LogP contribution in [-0.2, 0) is 16.0 Å². The van der Waals surface area contributed by atoms with E-state index in [9.17, 15) is 43.5 Å². The summed E-state index contributed by atoms with van der Waals surface area (Å²) < 4.78 is 134. The Balaban J connectivity index is 2.11. The van der Waals surface area contributed by atoms with Crippen LogP contribution in [0.2, 0.25) is 0 Å². The molecular formula is C18H13F8N5O3S. The molecule has 0 saturated heterocycles. The molecule has 3 aromatic heterocycles. The highest BCUT2D eigenvalue weighted by atomic mass is 32.2. The van der Waals surface area contributed by atoms with Crippen molar-refractivity contribution in [1.29, 1.82) is 0 Å². The summed E-state index contributed by atoms with van der Waals surface area (Å²) in [6.07, 6.45) is -8.40. The zero-order valence-corrected chi connectivity index (χ0v) is 18.1. The molecular weight excluding hydrogens is 518 g/mol. The summed E-state index contributed by atoms with van der Waals surface area (Å²) >= 11 is 0. The van der Waals surface area contributed by atoms with Crippen LogP contribution in [0.15, 0.2) is 41.9 Å². The summed E-state index contributed by atoms with van der Waals surface area (Å²) in [5.74, 6) is -7.13. The SMILES string of the molecule is CCS(=O)(=O)c1cc(C(F)(F)F)c(-n2cncn2)nc1-c1ccc(OCC(F)(F)C(F)(F)F)cn1. The van der Waals surface area contributed by atoms with Crippen LogP contribution in [0, 0.1) is 0 Å². The molecule has 8 nitrogen and oxygen atoms in total. The number of hydrogen-bond acceptors (Lipinski definition) is 7. The fourth-order valence-electron chi connectivity index (χ4n) is 2.62. The van der Waals surface area contributed by atoms with Gasteiger partial charge >= 0.3 is 18.3 Å². The molecule has 0 aliphatic rings. The van der Waals surface area contributed by atoms with Gasteiger partial charge in [0.15, 0.2) is 22.3 Å². The fraction of sp³-hybridized carbons (Fsp3) is 0.333. The average Bonchev–Trinajstić information content (AvgIpc) is 3.30. The minimum atomic E-state index is -5.86. The molecule has 0 bridgehead atoms. The fourth-order valence-corrected chi connectivity index (χ4v) is 3.68. The molecule has 0 aliphatic carbocycles. The maximum atomic E-state index is 13.7. The van der Waals surface area contributed by atoms with Crippen LogP contribution in [0.3, 0.4) is 0 Å². The predicted octanol–water partition coefficient (Wildman–Crippen LogP) is 4.11. The van der Waals surface area contributed by atoms with E-state index >= 15 is 0 Å². The van der Waals surface area contributed by atoms with Crippen LogP contribution in [-0.4, -0.2) is 57.6 Å². The molecule has 3 aromatic rings. The van der Waals surface area contributed by atoms with Gasteiger partial charge in [-0.3, -0.25) is 4.98 Å². The number of alkyl halides is 8. The van der Waals surface area contributed by atoms with Crippen LogP contribution in [0.25, 0.3) is 17.2 Å². The first-order chi connectivity index (χ1) is 16.1. The Bertz CT molecular complexity index is 1290. The number of nitrogens with zero attached hydrogens (tertiary/aromatic N) is 5. The van der Waals surface area contributed by atoms with Gasteiger partial charge in [0.05, 0.1) is 22.5 Å². The first-order valence-electron chi connectivity index (χ1n) is 9.30. The molecule has 0 atom stereocenters. The van der Waals surface area contributed by atoms with Crippen molar-refractivity contribution in [3.8, 4) is 23.0 Å². The molecule has 0 aromatic carbocycles. The highest BCUT2D eigenvalue weighted by Crippen LogP contribution is 2.38. The predicted molar refractivity (Wildman–Crippen MR) is 102 cm³/mol. The summed E-state index contributed by atoms with van der Waals surface area (Å²) in [5.41, 5.74) is -2.31. The van der Waals surface area contributed by atoms with Gasteiger partial charge in [0, 0.05) is 0 Å². The first-order valence-corrected chi connectivity index (χ1v) is 11.0. The monoisotopic (exact) mass is 531 g/mol. The highest BCUT2D eigenvalue weighted by Gasteiger charge is 2.58. The molecule has 0 amide bonds. The Morgan fingerprint density at radius 2 is 1.74 bits per heavy atom. The van der Waals surface area contributed by atoms with Gasteiger partial charge in [0.2, 0.25) is 0 Å². The van der Waals surface area contributed by atoms with E-state index in [2.05, 4.69) is 24.8 Å². The third-order valence-corrected chi connectivity index (χ3v) is 6.18. The molecule has 35 heavy (non-hydrogen) atoms. The summed E-state index contributed by atoms with van der Waals surface area (Å²) in [5, 5.41) is 3.58. The van der Waals surface area contributed by atoms with Crippen molar-refractivity contribution < 1.29 is 48.3 Å². The van der Waals surface area contributed by atoms with E-state index in [0.29, 0.717) is 16.9 Å². The van der Waals surface area contributed by atoms with Crippen LogP contribution in [0.5, 0.6) is 5.75 Å². The zero-order valence-electron chi connectivity index (χ0n) is 17.3. The topological polar surface area (TPSA) is 99.9 Å². The van der Waals surface area contributed by atoms with Crippen LogP contribution < -0.4 is 4.74 Å². The van der Waals surface area contributed by atoms with Crippen molar-refractivity contribution in [1.82, 2.24) is 24.7 Å². The Morgan fingerprint density at radius 3 is 2.23 bits per heavy atom. The molecule has 0 saturated carbocycles. The summed E-state index contributed by atoms with van der Waals surface area (Å²) in [6, 6.07) is 2.18. The Kier molecular flexibility index (Phi) is 6.75. The van der Waals surface area contributed by atoms with Gasteiger partial charge in [0.25, 0.3) is 0 Å². The standard InChI is InChI=1S/C18H13F8N5O3S/c1-2-35(32,33)13-5-11(17(21,22)23)15(31-9-27-8-29-31)30-14(13)12-4-3-10(6-28-12)34-7-16(19,20)18(24,25)26/h3-6,8-9H,2,7H2,1H3. The van der Waals surface area contributed by atoms with Crippen LogP contribution in [0.4, 0.5) is 35.1 Å². The first kappa shape index (κ1) is 26.2. The molecule has 0 unspecified atom stereocenters. The molecule has 0 aliphatic heterocycles. The van der Waals surface area contributed by atoms with Crippen molar-refractivity contribution in [2.24, 2.45) is 0 Å². The lowest BCUT2D eigenvalue weighted by molar-refractivity contribution is -0.290. The molecule has 3 rings (SSSR count). The van der Waals surface area contributed by atoms with E-state index in [-0.39, 0.29) is 5.69 Å². The van der Waals surface area contributed by atoms with E-state index in [1.54, 1.807) is 0 Å². The van der Waals surface area contributed by atoms with Crippen molar-refractivity contribution in [2.45, 2.75) is 30.1 Å². The Labute approximate surface area is 191 Å². The minimum Gasteiger partial charge on any atom is -0.485 e. The lowest BCUT2D eigenvalue weighted by Crippen LogP contribution is -2.41. The molecule has 0 spiro atoms. The summed E-state index contributed by atoms with van der Waals surface area (Å²) in [4.78, 5) is 10.2. The summed E-state index contributed by atoms with van der Waals surface area (Å²) in [7, 11) is -4.30. The average molecular weight is 531 g/mol. The van der Waals surface area contributed by atoms with Gasteiger partial charge in [-0.05, 0) is 18.2 Å². The van der Waals surface area contributed by atoms with Gasteiger partial charge < -0.3 is 4.74 Å². The van der Waals surface area contributed by atoms with Gasteiger partial charge in [-0.25, -0.2) is 23.1 Å². The largest absolute Gasteiger partial charge is 0.485 e. The van der Waals surface area contributed by atoms with Gasteiger partial charge in [-0.2, -0.15) is 40.2 Å². The van der Waals surface area contributed by atoms with E-state index in [4.69, 9.17) is 0 Å².